The van der Waals surface area contributed by atoms with E-state index in [-0.39, 0.29) is 12.0 Å². The fourth-order valence-electron chi connectivity index (χ4n) is 1.55. The molecular formula is C12H18F3N3O. The summed E-state index contributed by atoms with van der Waals surface area (Å²) in [6.07, 6.45) is -2.97. The fraction of sp³-hybridized carbons (Fsp3) is 0.667. The Morgan fingerprint density at radius 3 is 2.37 bits per heavy atom. The molecule has 1 rings (SSSR count). The van der Waals surface area contributed by atoms with Crippen LogP contribution in [0.4, 0.5) is 19.0 Å². The predicted octanol–water partition coefficient (Wildman–Crippen LogP) is 2.71. The first-order valence-electron chi connectivity index (χ1n) is 6.00. The van der Waals surface area contributed by atoms with Crippen LogP contribution in [-0.4, -0.2) is 28.5 Å². The molecular weight excluding hydrogens is 259 g/mol. The van der Waals surface area contributed by atoms with Crippen LogP contribution in [0.5, 0.6) is 0 Å². The number of anilines is 1. The Hall–Kier alpha value is -1.37. The van der Waals surface area contributed by atoms with Crippen molar-refractivity contribution in [1.82, 2.24) is 10.2 Å². The van der Waals surface area contributed by atoms with Crippen LogP contribution in [0, 0.1) is 5.41 Å². The van der Waals surface area contributed by atoms with Gasteiger partial charge >= 0.3 is 6.18 Å². The second kappa shape index (κ2) is 6.18. The van der Waals surface area contributed by atoms with E-state index in [1.54, 1.807) is 0 Å². The van der Waals surface area contributed by atoms with E-state index in [2.05, 4.69) is 15.5 Å². The average molecular weight is 277 g/mol. The van der Waals surface area contributed by atoms with E-state index in [0.29, 0.717) is 18.8 Å². The minimum absolute atomic E-state index is 0.0763. The van der Waals surface area contributed by atoms with Crippen molar-refractivity contribution >= 4 is 5.82 Å². The summed E-state index contributed by atoms with van der Waals surface area (Å²) in [5.74, 6) is 0.310. The van der Waals surface area contributed by atoms with Crippen molar-refractivity contribution < 1.29 is 18.3 Å². The maximum Gasteiger partial charge on any atom is 0.435 e. The Morgan fingerprint density at radius 2 is 1.89 bits per heavy atom. The van der Waals surface area contributed by atoms with E-state index in [4.69, 9.17) is 5.11 Å². The number of nitrogens with zero attached hydrogens (tertiary/aromatic N) is 2. The first kappa shape index (κ1) is 15.7. The van der Waals surface area contributed by atoms with Crippen LogP contribution in [-0.2, 0) is 6.18 Å². The van der Waals surface area contributed by atoms with Crippen LogP contribution in [0.1, 0.15) is 32.4 Å². The maximum atomic E-state index is 12.3. The van der Waals surface area contributed by atoms with Crippen molar-refractivity contribution in [2.24, 2.45) is 5.41 Å². The van der Waals surface area contributed by atoms with Gasteiger partial charge in [0.1, 0.15) is 5.82 Å². The minimum Gasteiger partial charge on any atom is -0.396 e. The number of rotatable bonds is 6. The van der Waals surface area contributed by atoms with Gasteiger partial charge in [-0.1, -0.05) is 13.8 Å². The molecule has 4 nitrogen and oxygen atoms in total. The lowest BCUT2D eigenvalue weighted by atomic mass is 9.88. The molecule has 0 aliphatic heterocycles. The lowest BCUT2D eigenvalue weighted by Gasteiger charge is -2.24. The van der Waals surface area contributed by atoms with Crippen molar-refractivity contribution in [3.05, 3.63) is 17.8 Å². The standard InChI is InChI=1S/C12H18F3N3O/c1-11(2,6-3-7-19)8-16-10-5-4-9(17-18-10)12(13,14)15/h4-5,19H,3,6-8H2,1-2H3,(H,16,18). The molecule has 19 heavy (non-hydrogen) atoms. The van der Waals surface area contributed by atoms with Gasteiger partial charge in [-0.2, -0.15) is 13.2 Å². The molecule has 1 aromatic rings. The highest BCUT2D eigenvalue weighted by Gasteiger charge is 2.32. The topological polar surface area (TPSA) is 58.0 Å². The molecule has 0 amide bonds. The molecule has 0 bridgehead atoms. The highest BCUT2D eigenvalue weighted by molar-refractivity contribution is 5.33. The molecule has 0 aliphatic carbocycles. The molecule has 0 saturated carbocycles. The van der Waals surface area contributed by atoms with Crippen LogP contribution in [0.25, 0.3) is 0 Å². The summed E-state index contributed by atoms with van der Waals surface area (Å²) in [7, 11) is 0. The van der Waals surface area contributed by atoms with Crippen molar-refractivity contribution in [2.45, 2.75) is 32.9 Å². The Balaban J connectivity index is 2.54. The molecule has 7 heteroatoms. The molecule has 0 spiro atoms. The molecule has 1 aromatic heterocycles. The van der Waals surface area contributed by atoms with E-state index in [1.165, 1.54) is 6.07 Å². The smallest absolute Gasteiger partial charge is 0.396 e. The molecule has 0 unspecified atom stereocenters. The summed E-state index contributed by atoms with van der Waals surface area (Å²) in [4.78, 5) is 0. The van der Waals surface area contributed by atoms with Crippen molar-refractivity contribution in [1.29, 1.82) is 0 Å². The van der Waals surface area contributed by atoms with Gasteiger partial charge in [0.2, 0.25) is 0 Å². The van der Waals surface area contributed by atoms with Crippen LogP contribution in [0.15, 0.2) is 12.1 Å². The quantitative estimate of drug-likeness (QED) is 0.839. The monoisotopic (exact) mass is 277 g/mol. The molecule has 108 valence electrons. The number of aliphatic hydroxyl groups is 1. The number of aromatic nitrogens is 2. The first-order valence-corrected chi connectivity index (χ1v) is 6.00. The van der Waals surface area contributed by atoms with E-state index in [0.717, 1.165) is 12.5 Å². The minimum atomic E-state index is -4.47. The normalized spacial score (nSPS) is 12.5. The lowest BCUT2D eigenvalue weighted by Crippen LogP contribution is -2.24. The van der Waals surface area contributed by atoms with E-state index in [9.17, 15) is 13.2 Å². The predicted molar refractivity (Wildman–Crippen MR) is 65.6 cm³/mol. The van der Waals surface area contributed by atoms with Gasteiger partial charge in [0, 0.05) is 13.2 Å². The highest BCUT2D eigenvalue weighted by atomic mass is 19.4. The molecule has 2 N–H and O–H groups in total. The largest absolute Gasteiger partial charge is 0.435 e. The first-order chi connectivity index (χ1) is 8.74. The summed E-state index contributed by atoms with van der Waals surface area (Å²) < 4.78 is 36.9. The summed E-state index contributed by atoms with van der Waals surface area (Å²) in [5, 5.41) is 18.4. The van der Waals surface area contributed by atoms with Gasteiger partial charge in [0.15, 0.2) is 5.69 Å². The Kier molecular flexibility index (Phi) is 5.11. The van der Waals surface area contributed by atoms with Crippen molar-refractivity contribution in [2.75, 3.05) is 18.5 Å². The average Bonchev–Trinajstić information content (AvgIpc) is 2.34. The Bertz CT molecular complexity index is 390. The van der Waals surface area contributed by atoms with Gasteiger partial charge in [-0.05, 0) is 30.4 Å². The second-order valence-corrected chi connectivity index (χ2v) is 5.15. The van der Waals surface area contributed by atoms with Crippen molar-refractivity contribution in [3.8, 4) is 0 Å². The van der Waals surface area contributed by atoms with Crippen LogP contribution >= 0.6 is 0 Å². The molecule has 0 radical (unpaired) electrons. The Morgan fingerprint density at radius 1 is 1.21 bits per heavy atom. The number of nitrogens with one attached hydrogen (secondary N) is 1. The molecule has 0 saturated heterocycles. The van der Waals surface area contributed by atoms with Crippen LogP contribution in [0.3, 0.4) is 0 Å². The van der Waals surface area contributed by atoms with Gasteiger partial charge in [-0.15, -0.1) is 10.2 Å². The SMILES string of the molecule is CC(C)(CCCO)CNc1ccc(C(F)(F)F)nn1. The molecule has 0 fully saturated rings. The summed E-state index contributed by atoms with van der Waals surface area (Å²) in [6.45, 7) is 4.69. The number of halogens is 3. The van der Waals surface area contributed by atoms with Gasteiger partial charge in [-0.25, -0.2) is 0 Å². The van der Waals surface area contributed by atoms with Crippen molar-refractivity contribution in [3.63, 3.8) is 0 Å². The Labute approximate surface area is 110 Å². The molecule has 0 aliphatic rings. The summed E-state index contributed by atoms with van der Waals surface area (Å²) in [6, 6.07) is 2.16. The van der Waals surface area contributed by atoms with E-state index in [1.807, 2.05) is 13.8 Å². The van der Waals surface area contributed by atoms with Crippen LogP contribution in [0.2, 0.25) is 0 Å². The van der Waals surface area contributed by atoms with E-state index < -0.39 is 11.9 Å². The summed E-state index contributed by atoms with van der Waals surface area (Å²) in [5.41, 5.74) is -1.08. The fourth-order valence-corrected chi connectivity index (χ4v) is 1.55. The molecule has 0 atom stereocenters. The van der Waals surface area contributed by atoms with Gasteiger partial charge in [0.05, 0.1) is 0 Å². The highest BCUT2D eigenvalue weighted by Crippen LogP contribution is 2.27. The zero-order chi connectivity index (χ0) is 14.5. The third-order valence-corrected chi connectivity index (χ3v) is 2.71. The third kappa shape index (κ3) is 5.42. The third-order valence-electron chi connectivity index (χ3n) is 2.71. The zero-order valence-electron chi connectivity index (χ0n) is 11.0. The van der Waals surface area contributed by atoms with Gasteiger partial charge in [0.25, 0.3) is 0 Å². The van der Waals surface area contributed by atoms with Gasteiger partial charge < -0.3 is 10.4 Å². The maximum absolute atomic E-state index is 12.3. The number of hydrogen-bond acceptors (Lipinski definition) is 4. The van der Waals surface area contributed by atoms with Crippen LogP contribution < -0.4 is 5.32 Å². The summed E-state index contributed by atoms with van der Waals surface area (Å²) >= 11 is 0. The number of alkyl halides is 3. The zero-order valence-corrected chi connectivity index (χ0v) is 11.0. The van der Waals surface area contributed by atoms with E-state index >= 15 is 0 Å². The number of aliphatic hydroxyl groups excluding tert-OH is 1. The molecule has 1 heterocycles. The molecule has 0 aromatic carbocycles. The van der Waals surface area contributed by atoms with Gasteiger partial charge in [-0.3, -0.25) is 0 Å². The number of hydrogen-bond donors (Lipinski definition) is 2. The lowest BCUT2D eigenvalue weighted by molar-refractivity contribution is -0.141. The second-order valence-electron chi connectivity index (χ2n) is 5.15.